The highest BCUT2D eigenvalue weighted by Gasteiger charge is 2.09. The van der Waals surface area contributed by atoms with Crippen LogP contribution in [0, 0.1) is 6.92 Å². The fraction of sp³-hybridized carbons (Fsp3) is 0.0667. The van der Waals surface area contributed by atoms with Crippen LogP contribution in [-0.4, -0.2) is 26.1 Å². The lowest BCUT2D eigenvalue weighted by molar-refractivity contribution is 0.102. The molecule has 0 spiro atoms. The molecule has 0 saturated heterocycles. The first-order valence-corrected chi connectivity index (χ1v) is 6.44. The topological polar surface area (TPSA) is 72.7 Å². The van der Waals surface area contributed by atoms with Gasteiger partial charge in [-0.1, -0.05) is 18.2 Å². The van der Waals surface area contributed by atoms with Gasteiger partial charge in [-0.3, -0.25) is 4.79 Å². The molecule has 3 aromatic rings. The molecule has 1 aromatic heterocycles. The van der Waals surface area contributed by atoms with Gasteiger partial charge in [-0.25, -0.2) is 4.68 Å². The number of hydrogen-bond donors (Lipinski definition) is 1. The molecule has 0 bridgehead atoms. The molecular formula is C15H13N5O. The van der Waals surface area contributed by atoms with Crippen LogP contribution in [0.4, 0.5) is 5.69 Å². The van der Waals surface area contributed by atoms with E-state index in [4.69, 9.17) is 0 Å². The van der Waals surface area contributed by atoms with Crippen molar-refractivity contribution in [1.29, 1.82) is 0 Å². The Balaban J connectivity index is 1.83. The Morgan fingerprint density at radius 3 is 2.62 bits per heavy atom. The lowest BCUT2D eigenvalue weighted by Crippen LogP contribution is -2.12. The van der Waals surface area contributed by atoms with E-state index in [1.165, 1.54) is 6.33 Å². The van der Waals surface area contributed by atoms with Crippen molar-refractivity contribution in [2.24, 2.45) is 0 Å². The Bertz CT molecular complexity index is 753. The second-order valence-corrected chi connectivity index (χ2v) is 4.58. The Labute approximate surface area is 121 Å². The van der Waals surface area contributed by atoms with Crippen molar-refractivity contribution in [2.45, 2.75) is 6.92 Å². The molecule has 2 aromatic carbocycles. The largest absolute Gasteiger partial charge is 0.322 e. The second kappa shape index (κ2) is 5.54. The number of nitrogens with one attached hydrogen (secondary N) is 1. The third-order valence-electron chi connectivity index (χ3n) is 3.09. The number of aromatic nitrogens is 4. The van der Waals surface area contributed by atoms with E-state index >= 15 is 0 Å². The standard InChI is InChI=1S/C15H13N5O/c1-11-9-12(7-8-14(11)20-10-16-18-19-20)15(21)17-13-5-3-2-4-6-13/h2-10H,1H3,(H,17,21). The first-order valence-electron chi connectivity index (χ1n) is 6.44. The smallest absolute Gasteiger partial charge is 0.255 e. The zero-order valence-corrected chi connectivity index (χ0v) is 11.4. The van der Waals surface area contributed by atoms with Crippen LogP contribution in [0.2, 0.25) is 0 Å². The summed E-state index contributed by atoms with van der Waals surface area (Å²) in [5.41, 5.74) is 3.12. The number of carbonyl (C=O) groups excluding carboxylic acids is 1. The fourth-order valence-electron chi connectivity index (χ4n) is 2.05. The summed E-state index contributed by atoms with van der Waals surface area (Å²) in [6.45, 7) is 1.91. The average molecular weight is 279 g/mol. The third-order valence-corrected chi connectivity index (χ3v) is 3.09. The number of anilines is 1. The number of amides is 1. The van der Waals surface area contributed by atoms with Gasteiger partial charge in [-0.2, -0.15) is 0 Å². The highest BCUT2D eigenvalue weighted by molar-refractivity contribution is 6.04. The number of nitrogens with zero attached hydrogens (tertiary/aromatic N) is 4. The molecule has 1 heterocycles. The van der Waals surface area contributed by atoms with Gasteiger partial charge in [0.1, 0.15) is 6.33 Å². The Kier molecular flexibility index (Phi) is 3.42. The summed E-state index contributed by atoms with van der Waals surface area (Å²) in [5.74, 6) is -0.146. The van der Waals surface area contributed by atoms with Crippen molar-refractivity contribution in [3.8, 4) is 5.69 Å². The molecular weight excluding hydrogens is 266 g/mol. The number of para-hydroxylation sites is 1. The zero-order valence-electron chi connectivity index (χ0n) is 11.4. The lowest BCUT2D eigenvalue weighted by Gasteiger charge is -2.08. The molecule has 104 valence electrons. The van der Waals surface area contributed by atoms with E-state index in [1.807, 2.05) is 49.4 Å². The number of hydrogen-bond acceptors (Lipinski definition) is 4. The zero-order chi connectivity index (χ0) is 14.7. The summed E-state index contributed by atoms with van der Waals surface area (Å²) >= 11 is 0. The molecule has 0 unspecified atom stereocenters. The van der Waals surface area contributed by atoms with Crippen LogP contribution in [-0.2, 0) is 0 Å². The molecule has 6 heteroatoms. The molecule has 0 radical (unpaired) electrons. The predicted molar refractivity (Wildman–Crippen MR) is 78.3 cm³/mol. The van der Waals surface area contributed by atoms with Gasteiger partial charge >= 0.3 is 0 Å². The lowest BCUT2D eigenvalue weighted by atomic mass is 10.1. The molecule has 0 aliphatic rings. The molecule has 0 aliphatic carbocycles. The van der Waals surface area contributed by atoms with Crippen molar-refractivity contribution >= 4 is 11.6 Å². The van der Waals surface area contributed by atoms with Crippen molar-refractivity contribution in [3.05, 3.63) is 66.0 Å². The Morgan fingerprint density at radius 1 is 1.14 bits per heavy atom. The average Bonchev–Trinajstić information content (AvgIpc) is 3.02. The maximum absolute atomic E-state index is 12.2. The fourth-order valence-corrected chi connectivity index (χ4v) is 2.05. The van der Waals surface area contributed by atoms with Gasteiger partial charge in [-0.05, 0) is 53.2 Å². The Hall–Kier alpha value is -3.02. The molecule has 3 rings (SSSR count). The summed E-state index contributed by atoms with van der Waals surface area (Å²) in [5, 5.41) is 13.9. The maximum Gasteiger partial charge on any atom is 0.255 e. The van der Waals surface area contributed by atoms with Crippen molar-refractivity contribution in [1.82, 2.24) is 20.2 Å². The van der Waals surface area contributed by atoms with Crippen LogP contribution in [0.5, 0.6) is 0 Å². The molecule has 1 amide bonds. The van der Waals surface area contributed by atoms with E-state index in [9.17, 15) is 4.79 Å². The van der Waals surface area contributed by atoms with E-state index in [1.54, 1.807) is 10.7 Å². The van der Waals surface area contributed by atoms with Crippen molar-refractivity contribution < 1.29 is 4.79 Å². The quantitative estimate of drug-likeness (QED) is 0.798. The number of aryl methyl sites for hydroxylation is 1. The summed E-state index contributed by atoms with van der Waals surface area (Å²) in [6.07, 6.45) is 1.52. The minimum Gasteiger partial charge on any atom is -0.322 e. The van der Waals surface area contributed by atoms with Crippen molar-refractivity contribution in [3.63, 3.8) is 0 Å². The number of tetrazole rings is 1. The van der Waals surface area contributed by atoms with Gasteiger partial charge < -0.3 is 5.32 Å². The number of benzene rings is 2. The normalized spacial score (nSPS) is 10.3. The summed E-state index contributed by atoms with van der Waals surface area (Å²) < 4.78 is 1.56. The first kappa shape index (κ1) is 13.0. The first-order chi connectivity index (χ1) is 10.2. The van der Waals surface area contributed by atoms with Gasteiger partial charge in [-0.15, -0.1) is 5.10 Å². The molecule has 0 aliphatic heterocycles. The Morgan fingerprint density at radius 2 is 1.95 bits per heavy atom. The molecule has 6 nitrogen and oxygen atoms in total. The van der Waals surface area contributed by atoms with Crippen LogP contribution in [0.15, 0.2) is 54.9 Å². The van der Waals surface area contributed by atoms with Gasteiger partial charge in [0, 0.05) is 11.3 Å². The third kappa shape index (κ3) is 2.79. The molecule has 0 saturated carbocycles. The van der Waals surface area contributed by atoms with E-state index in [2.05, 4.69) is 20.8 Å². The summed E-state index contributed by atoms with van der Waals surface area (Å²) in [4.78, 5) is 12.2. The van der Waals surface area contributed by atoms with Gasteiger partial charge in [0.2, 0.25) is 0 Å². The maximum atomic E-state index is 12.2. The van der Waals surface area contributed by atoms with Gasteiger partial charge in [0.15, 0.2) is 0 Å². The number of carbonyl (C=O) groups is 1. The minimum absolute atomic E-state index is 0.146. The second-order valence-electron chi connectivity index (χ2n) is 4.58. The highest BCUT2D eigenvalue weighted by atomic mass is 16.1. The van der Waals surface area contributed by atoms with Crippen LogP contribution in [0.25, 0.3) is 5.69 Å². The summed E-state index contributed by atoms with van der Waals surface area (Å²) in [6, 6.07) is 14.7. The van der Waals surface area contributed by atoms with E-state index in [-0.39, 0.29) is 5.91 Å². The van der Waals surface area contributed by atoms with Crippen LogP contribution in [0.3, 0.4) is 0 Å². The molecule has 0 fully saturated rings. The molecule has 21 heavy (non-hydrogen) atoms. The van der Waals surface area contributed by atoms with E-state index < -0.39 is 0 Å². The van der Waals surface area contributed by atoms with Crippen LogP contribution in [0.1, 0.15) is 15.9 Å². The van der Waals surface area contributed by atoms with Gasteiger partial charge in [0.05, 0.1) is 5.69 Å². The van der Waals surface area contributed by atoms with Crippen LogP contribution >= 0.6 is 0 Å². The SMILES string of the molecule is Cc1cc(C(=O)Nc2ccccc2)ccc1-n1cnnn1. The van der Waals surface area contributed by atoms with Crippen molar-refractivity contribution in [2.75, 3.05) is 5.32 Å². The summed E-state index contributed by atoms with van der Waals surface area (Å²) in [7, 11) is 0. The van der Waals surface area contributed by atoms with E-state index in [0.29, 0.717) is 5.56 Å². The minimum atomic E-state index is -0.146. The van der Waals surface area contributed by atoms with Gasteiger partial charge in [0.25, 0.3) is 5.91 Å². The number of rotatable bonds is 3. The molecule has 1 N–H and O–H groups in total. The molecule has 0 atom stereocenters. The monoisotopic (exact) mass is 279 g/mol. The van der Waals surface area contributed by atoms with E-state index in [0.717, 1.165) is 16.9 Å². The highest BCUT2D eigenvalue weighted by Crippen LogP contribution is 2.16. The van der Waals surface area contributed by atoms with Crippen LogP contribution < -0.4 is 5.32 Å². The predicted octanol–water partition coefficient (Wildman–Crippen LogP) is 2.22.